The summed E-state index contributed by atoms with van der Waals surface area (Å²) in [5, 5.41) is 22.2. The van der Waals surface area contributed by atoms with Crippen molar-refractivity contribution in [2.45, 2.75) is 12.0 Å². The largest absolute Gasteiger partial charge is 0.481 e. The normalized spacial score (nSPS) is 37.0. The fraction of sp³-hybridized carbons (Fsp3) is 0.875. The van der Waals surface area contributed by atoms with Gasteiger partial charge in [0.2, 0.25) is 0 Å². The Balaban J connectivity index is 2.27. The van der Waals surface area contributed by atoms with E-state index in [0.29, 0.717) is 25.3 Å². The minimum absolute atomic E-state index is 0.417. The van der Waals surface area contributed by atoms with Gasteiger partial charge < -0.3 is 15.5 Å². The minimum atomic E-state index is -1.01. The Morgan fingerprint density at radius 3 is 2.46 bits per heavy atom. The number of hydrogen-bond acceptors (Lipinski definition) is 4. The summed E-state index contributed by atoms with van der Waals surface area (Å²) in [5.74, 6) is 0.538. The maximum absolute atomic E-state index is 11.2. The fourth-order valence-corrected chi connectivity index (χ4v) is 3.52. The van der Waals surface area contributed by atoms with Gasteiger partial charge >= 0.3 is 5.97 Å². The number of nitrogens with one attached hydrogen (secondary N) is 1. The number of aliphatic carboxylic acids is 1. The average Bonchev–Trinajstić information content (AvgIpc) is 2.49. The molecule has 0 radical (unpaired) electrons. The number of aliphatic hydroxyl groups is 1. The molecule has 1 unspecified atom stereocenters. The van der Waals surface area contributed by atoms with Crippen LogP contribution in [0.1, 0.15) is 6.42 Å². The molecule has 1 atom stereocenters. The number of carboxylic acids is 1. The van der Waals surface area contributed by atoms with Crippen molar-refractivity contribution >= 4 is 17.7 Å². The zero-order valence-corrected chi connectivity index (χ0v) is 8.06. The fourth-order valence-electron chi connectivity index (χ4n) is 2.00. The van der Waals surface area contributed by atoms with Crippen molar-refractivity contribution in [2.24, 2.45) is 5.41 Å². The first-order valence-electron chi connectivity index (χ1n) is 4.35. The van der Waals surface area contributed by atoms with E-state index >= 15 is 0 Å². The molecule has 0 bridgehead atoms. The Bertz CT molecular complexity index is 234. The van der Waals surface area contributed by atoms with Gasteiger partial charge in [0.1, 0.15) is 11.0 Å². The molecule has 4 nitrogen and oxygen atoms in total. The molecule has 0 amide bonds. The molecule has 2 saturated heterocycles. The summed E-state index contributed by atoms with van der Waals surface area (Å²) in [5.41, 5.74) is -1.91. The Morgan fingerprint density at radius 2 is 2.15 bits per heavy atom. The van der Waals surface area contributed by atoms with E-state index in [1.807, 2.05) is 0 Å². The van der Waals surface area contributed by atoms with Gasteiger partial charge in [-0.2, -0.15) is 11.8 Å². The van der Waals surface area contributed by atoms with E-state index in [1.165, 1.54) is 0 Å². The molecule has 0 aromatic rings. The molecule has 74 valence electrons. The van der Waals surface area contributed by atoms with Crippen LogP contribution in [0.4, 0.5) is 0 Å². The molecular weight excluding hydrogens is 190 g/mol. The number of hydrogen-bond donors (Lipinski definition) is 3. The van der Waals surface area contributed by atoms with Crippen LogP contribution in [-0.2, 0) is 4.79 Å². The number of rotatable bonds is 2. The van der Waals surface area contributed by atoms with Crippen LogP contribution in [0.2, 0.25) is 0 Å². The molecule has 2 aliphatic rings. The van der Waals surface area contributed by atoms with Crippen LogP contribution >= 0.6 is 11.8 Å². The standard InChI is InChI=1S/C8H13NO3S/c10-6(11)7(1-2-13-5-7)8(12)3-9-4-8/h9,12H,1-5H2,(H,10,11). The molecule has 2 aliphatic heterocycles. The Morgan fingerprint density at radius 1 is 1.46 bits per heavy atom. The topological polar surface area (TPSA) is 69.6 Å². The molecule has 13 heavy (non-hydrogen) atoms. The summed E-state index contributed by atoms with van der Waals surface area (Å²) in [6, 6.07) is 0. The highest BCUT2D eigenvalue weighted by Crippen LogP contribution is 2.46. The molecule has 0 aromatic heterocycles. The lowest BCUT2D eigenvalue weighted by atomic mass is 9.68. The van der Waals surface area contributed by atoms with Gasteiger partial charge in [-0.25, -0.2) is 0 Å². The lowest BCUT2D eigenvalue weighted by molar-refractivity contribution is -0.173. The summed E-state index contributed by atoms with van der Waals surface area (Å²) >= 11 is 1.62. The quantitative estimate of drug-likeness (QED) is 0.566. The monoisotopic (exact) mass is 203 g/mol. The zero-order valence-electron chi connectivity index (χ0n) is 7.25. The molecule has 0 aliphatic carbocycles. The van der Waals surface area contributed by atoms with Gasteiger partial charge in [0.25, 0.3) is 0 Å². The Labute approximate surface area is 80.7 Å². The molecular formula is C8H13NO3S. The first kappa shape index (κ1) is 9.30. The maximum atomic E-state index is 11.2. The van der Waals surface area contributed by atoms with Gasteiger partial charge in [-0.1, -0.05) is 0 Å². The SMILES string of the molecule is O=C(O)C1(C2(O)CNC2)CCSC1. The van der Waals surface area contributed by atoms with Crippen LogP contribution in [0.15, 0.2) is 0 Å². The molecule has 0 aromatic carbocycles. The minimum Gasteiger partial charge on any atom is -0.481 e. The average molecular weight is 203 g/mol. The van der Waals surface area contributed by atoms with Crippen molar-refractivity contribution in [3.8, 4) is 0 Å². The van der Waals surface area contributed by atoms with E-state index in [-0.39, 0.29) is 0 Å². The summed E-state index contributed by atoms with van der Waals surface area (Å²) in [4.78, 5) is 11.2. The van der Waals surface area contributed by atoms with E-state index < -0.39 is 17.0 Å². The first-order valence-corrected chi connectivity index (χ1v) is 5.50. The van der Waals surface area contributed by atoms with E-state index in [9.17, 15) is 9.90 Å². The van der Waals surface area contributed by atoms with Gasteiger partial charge in [0.05, 0.1) is 0 Å². The van der Waals surface area contributed by atoms with Crippen LogP contribution in [-0.4, -0.2) is 46.4 Å². The molecule has 0 spiro atoms. The third-order valence-electron chi connectivity index (χ3n) is 3.16. The van der Waals surface area contributed by atoms with E-state index in [4.69, 9.17) is 5.11 Å². The summed E-state index contributed by atoms with van der Waals surface area (Å²) in [6.07, 6.45) is 0.588. The predicted octanol–water partition coefficient (Wildman–Crippen LogP) is -0.471. The molecule has 2 heterocycles. The molecule has 3 N–H and O–H groups in total. The van der Waals surface area contributed by atoms with Gasteiger partial charge in [-0.15, -0.1) is 0 Å². The van der Waals surface area contributed by atoms with Crippen molar-refractivity contribution in [1.82, 2.24) is 5.32 Å². The summed E-state index contributed by atoms with van der Waals surface area (Å²) in [6.45, 7) is 0.833. The second-order valence-corrected chi connectivity index (χ2v) is 4.93. The molecule has 5 heteroatoms. The van der Waals surface area contributed by atoms with Crippen molar-refractivity contribution in [3.63, 3.8) is 0 Å². The van der Waals surface area contributed by atoms with Crippen LogP contribution < -0.4 is 5.32 Å². The van der Waals surface area contributed by atoms with E-state index in [1.54, 1.807) is 11.8 Å². The third-order valence-corrected chi connectivity index (χ3v) is 4.35. The number of carboxylic acid groups (broad SMARTS) is 1. The van der Waals surface area contributed by atoms with Crippen LogP contribution in [0, 0.1) is 5.41 Å². The van der Waals surface area contributed by atoms with Crippen LogP contribution in [0.5, 0.6) is 0 Å². The van der Waals surface area contributed by atoms with Crippen LogP contribution in [0.3, 0.4) is 0 Å². The highest BCUT2D eigenvalue weighted by molar-refractivity contribution is 7.99. The van der Waals surface area contributed by atoms with Gasteiger partial charge in [-0.05, 0) is 12.2 Å². The maximum Gasteiger partial charge on any atom is 0.313 e. The predicted molar refractivity (Wildman–Crippen MR) is 49.8 cm³/mol. The highest BCUT2D eigenvalue weighted by atomic mass is 32.2. The number of β-amino-alcohol motifs (C(OH)–C–C–N with tert-alkyl or cyclic N) is 1. The molecule has 0 saturated carbocycles. The van der Waals surface area contributed by atoms with Gasteiger partial charge in [0, 0.05) is 18.8 Å². The van der Waals surface area contributed by atoms with Gasteiger partial charge in [0.15, 0.2) is 0 Å². The van der Waals surface area contributed by atoms with Crippen molar-refractivity contribution in [1.29, 1.82) is 0 Å². The number of thioether (sulfide) groups is 1. The Kier molecular flexibility index (Phi) is 2.05. The Hall–Kier alpha value is -0.260. The highest BCUT2D eigenvalue weighted by Gasteiger charge is 2.60. The smallest absolute Gasteiger partial charge is 0.313 e. The second kappa shape index (κ2) is 2.87. The van der Waals surface area contributed by atoms with Crippen molar-refractivity contribution < 1.29 is 15.0 Å². The molecule has 2 rings (SSSR count). The third kappa shape index (κ3) is 1.11. The van der Waals surface area contributed by atoms with Crippen molar-refractivity contribution in [2.75, 3.05) is 24.6 Å². The summed E-state index contributed by atoms with van der Waals surface area (Å²) in [7, 11) is 0. The van der Waals surface area contributed by atoms with E-state index in [0.717, 1.165) is 5.75 Å². The van der Waals surface area contributed by atoms with Crippen LogP contribution in [0.25, 0.3) is 0 Å². The first-order chi connectivity index (χ1) is 6.11. The zero-order chi connectivity index (χ0) is 9.53. The second-order valence-electron chi connectivity index (χ2n) is 3.82. The number of carbonyl (C=O) groups is 1. The molecule has 2 fully saturated rings. The lowest BCUT2D eigenvalue weighted by Gasteiger charge is -2.48. The van der Waals surface area contributed by atoms with E-state index in [2.05, 4.69) is 5.32 Å². The lowest BCUT2D eigenvalue weighted by Crippen LogP contribution is -2.70. The van der Waals surface area contributed by atoms with Gasteiger partial charge in [-0.3, -0.25) is 4.79 Å². The summed E-state index contributed by atoms with van der Waals surface area (Å²) < 4.78 is 0. The van der Waals surface area contributed by atoms with Crippen molar-refractivity contribution in [3.05, 3.63) is 0 Å².